The molecule has 1 heterocycles. The smallest absolute Gasteiger partial charge is 0.0900 e. The summed E-state index contributed by atoms with van der Waals surface area (Å²) in [6, 6.07) is 0. The van der Waals surface area contributed by atoms with E-state index in [9.17, 15) is 5.11 Å². The summed E-state index contributed by atoms with van der Waals surface area (Å²) in [5.41, 5.74) is 0.389. The highest BCUT2D eigenvalue weighted by Gasteiger charge is 2.32. The van der Waals surface area contributed by atoms with E-state index in [2.05, 4.69) is 25.7 Å². The first-order valence-electron chi connectivity index (χ1n) is 8.47. The molecule has 0 aromatic rings. The normalized spacial score (nSPS) is 33.0. The molecule has 2 rings (SSSR count). The van der Waals surface area contributed by atoms with Gasteiger partial charge in [-0.1, -0.05) is 27.2 Å². The van der Waals surface area contributed by atoms with Crippen molar-refractivity contribution in [2.45, 2.75) is 71.5 Å². The number of hydrogen-bond acceptors (Lipinski definition) is 3. The highest BCUT2D eigenvalue weighted by molar-refractivity contribution is 4.83. The van der Waals surface area contributed by atoms with Gasteiger partial charge in [-0.05, 0) is 56.5 Å². The Morgan fingerprint density at radius 1 is 1.20 bits per heavy atom. The van der Waals surface area contributed by atoms with Crippen LogP contribution in [0.1, 0.15) is 59.3 Å². The van der Waals surface area contributed by atoms with Crippen molar-refractivity contribution in [2.75, 3.05) is 26.2 Å². The van der Waals surface area contributed by atoms with E-state index in [-0.39, 0.29) is 6.10 Å². The Bertz CT molecular complexity index is 287. The quantitative estimate of drug-likeness (QED) is 0.841. The summed E-state index contributed by atoms with van der Waals surface area (Å²) < 4.78 is 6.02. The number of rotatable bonds is 5. The number of β-amino-alcohol motifs (C(OH)–C–C–N with tert-alkyl or cyclic N) is 1. The fraction of sp³-hybridized carbons (Fsp3) is 1.00. The zero-order valence-corrected chi connectivity index (χ0v) is 13.6. The van der Waals surface area contributed by atoms with Crippen molar-refractivity contribution in [3.05, 3.63) is 0 Å². The molecule has 1 saturated carbocycles. The van der Waals surface area contributed by atoms with E-state index < -0.39 is 0 Å². The van der Waals surface area contributed by atoms with Gasteiger partial charge in [-0.15, -0.1) is 0 Å². The molecule has 1 saturated heterocycles. The van der Waals surface area contributed by atoms with Gasteiger partial charge < -0.3 is 14.7 Å². The SMILES string of the molecule is C[C@@H]1C[C@@H](OC[C@@H](O)CN2CCCCC2)CC(C)(C)C1. The lowest BCUT2D eigenvalue weighted by atomic mass is 9.71. The van der Waals surface area contributed by atoms with E-state index in [1.807, 2.05) is 0 Å². The zero-order valence-electron chi connectivity index (χ0n) is 13.6. The first-order valence-corrected chi connectivity index (χ1v) is 8.47. The molecule has 0 bridgehead atoms. The molecule has 1 aliphatic heterocycles. The fourth-order valence-electron chi connectivity index (χ4n) is 4.13. The third kappa shape index (κ3) is 5.34. The predicted molar refractivity (Wildman–Crippen MR) is 82.8 cm³/mol. The van der Waals surface area contributed by atoms with Crippen LogP contribution in [-0.2, 0) is 4.74 Å². The van der Waals surface area contributed by atoms with E-state index in [1.54, 1.807) is 0 Å². The maximum atomic E-state index is 10.2. The van der Waals surface area contributed by atoms with Crippen LogP contribution in [0.4, 0.5) is 0 Å². The molecule has 3 nitrogen and oxygen atoms in total. The highest BCUT2D eigenvalue weighted by atomic mass is 16.5. The monoisotopic (exact) mass is 283 g/mol. The molecule has 1 aliphatic carbocycles. The Morgan fingerprint density at radius 3 is 2.55 bits per heavy atom. The van der Waals surface area contributed by atoms with Gasteiger partial charge in [-0.2, -0.15) is 0 Å². The summed E-state index contributed by atoms with van der Waals surface area (Å²) in [4.78, 5) is 2.38. The molecule has 2 fully saturated rings. The Hall–Kier alpha value is -0.120. The average molecular weight is 283 g/mol. The molecule has 0 radical (unpaired) electrons. The van der Waals surface area contributed by atoms with Crippen LogP contribution >= 0.6 is 0 Å². The molecule has 2 aliphatic rings. The minimum absolute atomic E-state index is 0.326. The van der Waals surface area contributed by atoms with Gasteiger partial charge in [0.05, 0.1) is 18.8 Å². The lowest BCUT2D eigenvalue weighted by Crippen LogP contribution is -2.40. The first-order chi connectivity index (χ1) is 9.44. The molecular formula is C17H33NO2. The maximum Gasteiger partial charge on any atom is 0.0900 e. The van der Waals surface area contributed by atoms with Crippen LogP contribution in [0.15, 0.2) is 0 Å². The molecule has 1 N–H and O–H groups in total. The minimum Gasteiger partial charge on any atom is -0.389 e. The number of hydrogen-bond donors (Lipinski definition) is 1. The van der Waals surface area contributed by atoms with Gasteiger partial charge in [-0.25, -0.2) is 0 Å². The van der Waals surface area contributed by atoms with Crippen LogP contribution in [-0.4, -0.2) is 48.5 Å². The third-order valence-corrected chi connectivity index (χ3v) is 4.79. The van der Waals surface area contributed by atoms with Crippen LogP contribution < -0.4 is 0 Å². The van der Waals surface area contributed by atoms with E-state index in [4.69, 9.17) is 4.74 Å². The van der Waals surface area contributed by atoms with Gasteiger partial charge in [0, 0.05) is 6.54 Å². The van der Waals surface area contributed by atoms with Crippen molar-refractivity contribution >= 4 is 0 Å². The Balaban J connectivity index is 1.68. The van der Waals surface area contributed by atoms with Crippen molar-refractivity contribution in [3.63, 3.8) is 0 Å². The van der Waals surface area contributed by atoms with Crippen LogP contribution in [0, 0.1) is 11.3 Å². The van der Waals surface area contributed by atoms with Crippen molar-refractivity contribution in [3.8, 4) is 0 Å². The molecule has 0 unspecified atom stereocenters. The number of aliphatic hydroxyl groups is 1. The third-order valence-electron chi connectivity index (χ3n) is 4.79. The van der Waals surface area contributed by atoms with Crippen LogP contribution in [0.25, 0.3) is 0 Å². The van der Waals surface area contributed by atoms with Gasteiger partial charge >= 0.3 is 0 Å². The summed E-state index contributed by atoms with van der Waals surface area (Å²) in [6.07, 6.45) is 7.50. The van der Waals surface area contributed by atoms with Gasteiger partial charge in [0.25, 0.3) is 0 Å². The summed E-state index contributed by atoms with van der Waals surface area (Å²) in [5.74, 6) is 0.739. The number of likely N-dealkylation sites (tertiary alicyclic amines) is 1. The van der Waals surface area contributed by atoms with E-state index in [1.165, 1.54) is 25.7 Å². The minimum atomic E-state index is -0.326. The van der Waals surface area contributed by atoms with Crippen LogP contribution in [0.5, 0.6) is 0 Å². The van der Waals surface area contributed by atoms with Crippen molar-refractivity contribution in [1.82, 2.24) is 4.90 Å². The number of aliphatic hydroxyl groups excluding tert-OH is 1. The predicted octanol–water partition coefficient (Wildman–Crippen LogP) is 3.06. The fourth-order valence-corrected chi connectivity index (χ4v) is 4.13. The average Bonchev–Trinajstić information content (AvgIpc) is 2.35. The van der Waals surface area contributed by atoms with Gasteiger partial charge in [-0.3, -0.25) is 0 Å². The van der Waals surface area contributed by atoms with Gasteiger partial charge in [0.15, 0.2) is 0 Å². The van der Waals surface area contributed by atoms with Crippen molar-refractivity contribution in [2.24, 2.45) is 11.3 Å². The molecule has 3 heteroatoms. The first kappa shape index (κ1) is 16.3. The Morgan fingerprint density at radius 2 is 1.90 bits per heavy atom. The summed E-state index contributed by atoms with van der Waals surface area (Å²) >= 11 is 0. The maximum absolute atomic E-state index is 10.2. The Labute approximate surface area is 124 Å². The van der Waals surface area contributed by atoms with Crippen LogP contribution in [0.3, 0.4) is 0 Å². The van der Waals surface area contributed by atoms with E-state index in [0.29, 0.717) is 18.1 Å². The highest BCUT2D eigenvalue weighted by Crippen LogP contribution is 2.39. The molecule has 118 valence electrons. The second kappa shape index (κ2) is 7.24. The van der Waals surface area contributed by atoms with Gasteiger partial charge in [0.1, 0.15) is 0 Å². The summed E-state index contributed by atoms with van der Waals surface area (Å²) in [7, 11) is 0. The summed E-state index contributed by atoms with van der Waals surface area (Å²) in [5, 5.41) is 10.2. The molecule has 0 aromatic heterocycles. The number of piperidine rings is 1. The second-order valence-corrected chi connectivity index (χ2v) is 7.88. The largest absolute Gasteiger partial charge is 0.389 e. The molecule has 0 aromatic carbocycles. The van der Waals surface area contributed by atoms with Crippen molar-refractivity contribution < 1.29 is 9.84 Å². The molecule has 3 atom stereocenters. The lowest BCUT2D eigenvalue weighted by molar-refractivity contribution is -0.0621. The van der Waals surface area contributed by atoms with Crippen molar-refractivity contribution in [1.29, 1.82) is 0 Å². The second-order valence-electron chi connectivity index (χ2n) is 7.88. The molecule has 0 spiro atoms. The van der Waals surface area contributed by atoms with Crippen LogP contribution in [0.2, 0.25) is 0 Å². The standard InChI is InChI=1S/C17H33NO2/c1-14-9-16(11-17(2,3)10-14)20-13-15(19)12-18-7-5-4-6-8-18/h14-16,19H,4-13H2,1-3H3/t14-,15+,16-/m1/s1. The molecular weight excluding hydrogens is 250 g/mol. The topological polar surface area (TPSA) is 32.7 Å². The van der Waals surface area contributed by atoms with E-state index in [0.717, 1.165) is 38.4 Å². The number of ether oxygens (including phenoxy) is 1. The van der Waals surface area contributed by atoms with E-state index >= 15 is 0 Å². The number of nitrogens with zero attached hydrogens (tertiary/aromatic N) is 1. The Kier molecular flexibility index (Phi) is 5.88. The summed E-state index contributed by atoms with van der Waals surface area (Å²) in [6.45, 7) is 10.6. The van der Waals surface area contributed by atoms with Gasteiger partial charge in [0.2, 0.25) is 0 Å². The molecule has 20 heavy (non-hydrogen) atoms. The zero-order chi connectivity index (χ0) is 14.6. The lowest BCUT2D eigenvalue weighted by Gasteiger charge is -2.39. The molecule has 0 amide bonds.